The van der Waals surface area contributed by atoms with Gasteiger partial charge in [-0.3, -0.25) is 10.2 Å². The van der Waals surface area contributed by atoms with Crippen molar-refractivity contribution in [3.63, 3.8) is 0 Å². The quantitative estimate of drug-likeness (QED) is 0.411. The molecule has 1 rings (SSSR count). The Labute approximate surface area is 77.1 Å². The third kappa shape index (κ3) is 3.89. The third-order valence-electron chi connectivity index (χ3n) is 1.90. The second-order valence-corrected chi connectivity index (χ2v) is 3.14. The average molecular weight is 185 g/mol. The van der Waals surface area contributed by atoms with E-state index in [4.69, 9.17) is 15.9 Å². The molecule has 0 bridgehead atoms. The second kappa shape index (κ2) is 4.81. The fraction of sp³-hybridized carbons (Fsp3) is 0.750. The van der Waals surface area contributed by atoms with Crippen molar-refractivity contribution < 1.29 is 9.53 Å². The fourth-order valence-electron chi connectivity index (χ4n) is 1.27. The Hall–Kier alpha value is -1.10. The highest BCUT2D eigenvalue weighted by Crippen LogP contribution is 2.10. The zero-order valence-electron chi connectivity index (χ0n) is 7.51. The summed E-state index contributed by atoms with van der Waals surface area (Å²) in [5, 5.41) is 9.57. The summed E-state index contributed by atoms with van der Waals surface area (Å²) in [4.78, 5) is 11.0. The van der Waals surface area contributed by atoms with Gasteiger partial charge in [-0.15, -0.1) is 0 Å². The molecule has 0 spiro atoms. The SMILES string of the molecule is N=C(N)CC(=O)NCC1CCCO1. The van der Waals surface area contributed by atoms with Crippen molar-refractivity contribution in [3.8, 4) is 0 Å². The lowest BCUT2D eigenvalue weighted by molar-refractivity contribution is -0.120. The van der Waals surface area contributed by atoms with Gasteiger partial charge in [0.25, 0.3) is 0 Å². The van der Waals surface area contributed by atoms with Crippen LogP contribution >= 0.6 is 0 Å². The van der Waals surface area contributed by atoms with E-state index in [1.54, 1.807) is 0 Å². The minimum atomic E-state index is -0.206. The molecule has 4 N–H and O–H groups in total. The van der Waals surface area contributed by atoms with Crippen LogP contribution in [0.15, 0.2) is 0 Å². The largest absolute Gasteiger partial charge is 0.387 e. The van der Waals surface area contributed by atoms with E-state index < -0.39 is 0 Å². The van der Waals surface area contributed by atoms with Crippen molar-refractivity contribution in [3.05, 3.63) is 0 Å². The Kier molecular flexibility index (Phi) is 3.70. The summed E-state index contributed by atoms with van der Waals surface area (Å²) in [6.45, 7) is 1.32. The van der Waals surface area contributed by atoms with Crippen molar-refractivity contribution in [2.24, 2.45) is 5.73 Å². The molecule has 13 heavy (non-hydrogen) atoms. The number of nitrogens with one attached hydrogen (secondary N) is 2. The predicted molar refractivity (Wildman–Crippen MR) is 48.5 cm³/mol. The van der Waals surface area contributed by atoms with E-state index >= 15 is 0 Å². The highest BCUT2D eigenvalue weighted by Gasteiger charge is 2.15. The monoisotopic (exact) mass is 185 g/mol. The molecule has 1 aliphatic heterocycles. The van der Waals surface area contributed by atoms with Crippen LogP contribution < -0.4 is 11.1 Å². The number of nitrogens with two attached hydrogens (primary N) is 1. The standard InChI is InChI=1S/C8H15N3O2/c9-7(10)4-8(12)11-5-6-2-1-3-13-6/h6H,1-5H2,(H3,9,10)(H,11,12). The number of carbonyl (C=O) groups is 1. The van der Waals surface area contributed by atoms with E-state index in [1.165, 1.54) is 0 Å². The fourth-order valence-corrected chi connectivity index (χ4v) is 1.27. The third-order valence-corrected chi connectivity index (χ3v) is 1.90. The predicted octanol–water partition coefficient (Wildman–Crippen LogP) is -0.392. The van der Waals surface area contributed by atoms with E-state index in [0.717, 1.165) is 19.4 Å². The van der Waals surface area contributed by atoms with Crippen LogP contribution in [-0.2, 0) is 9.53 Å². The zero-order valence-corrected chi connectivity index (χ0v) is 7.51. The molecule has 1 saturated heterocycles. The van der Waals surface area contributed by atoms with Gasteiger partial charge in [-0.05, 0) is 12.8 Å². The topological polar surface area (TPSA) is 88.2 Å². The van der Waals surface area contributed by atoms with Crippen molar-refractivity contribution >= 4 is 11.7 Å². The van der Waals surface area contributed by atoms with Gasteiger partial charge < -0.3 is 15.8 Å². The molecule has 0 aromatic heterocycles. The molecule has 0 radical (unpaired) electrons. The minimum Gasteiger partial charge on any atom is -0.387 e. The zero-order chi connectivity index (χ0) is 9.68. The van der Waals surface area contributed by atoms with E-state index in [1.807, 2.05) is 0 Å². The van der Waals surface area contributed by atoms with Crippen molar-refractivity contribution in [2.75, 3.05) is 13.2 Å². The smallest absolute Gasteiger partial charge is 0.227 e. The number of amidine groups is 1. The summed E-state index contributed by atoms with van der Waals surface area (Å²) in [5.74, 6) is -0.312. The molecule has 1 heterocycles. The lowest BCUT2D eigenvalue weighted by Crippen LogP contribution is -2.34. The maximum Gasteiger partial charge on any atom is 0.227 e. The van der Waals surface area contributed by atoms with Gasteiger partial charge in [0, 0.05) is 13.2 Å². The normalized spacial score (nSPS) is 21.4. The molecule has 0 aromatic carbocycles. The van der Waals surface area contributed by atoms with E-state index in [-0.39, 0.29) is 24.3 Å². The summed E-state index contributed by atoms with van der Waals surface area (Å²) < 4.78 is 5.31. The number of rotatable bonds is 4. The van der Waals surface area contributed by atoms with Crippen LogP contribution in [0.4, 0.5) is 0 Å². The summed E-state index contributed by atoms with van der Waals surface area (Å²) in [6.07, 6.45) is 2.19. The average Bonchev–Trinajstić information content (AvgIpc) is 2.51. The highest BCUT2D eigenvalue weighted by atomic mass is 16.5. The Balaban J connectivity index is 2.10. The summed E-state index contributed by atoms with van der Waals surface area (Å²) in [7, 11) is 0. The summed E-state index contributed by atoms with van der Waals surface area (Å²) >= 11 is 0. The molecule has 74 valence electrons. The first-order valence-electron chi connectivity index (χ1n) is 4.39. The second-order valence-electron chi connectivity index (χ2n) is 3.14. The van der Waals surface area contributed by atoms with Crippen LogP contribution in [0.3, 0.4) is 0 Å². The molecule has 1 atom stereocenters. The van der Waals surface area contributed by atoms with Crippen LogP contribution in [0, 0.1) is 5.41 Å². The highest BCUT2D eigenvalue weighted by molar-refractivity contribution is 5.97. The number of hydrogen-bond donors (Lipinski definition) is 3. The van der Waals surface area contributed by atoms with E-state index in [2.05, 4.69) is 5.32 Å². The molecule has 0 aliphatic carbocycles. The molecule has 1 unspecified atom stereocenters. The van der Waals surface area contributed by atoms with Gasteiger partial charge in [-0.25, -0.2) is 0 Å². The maximum atomic E-state index is 11.0. The molecule has 1 fully saturated rings. The molecule has 0 aromatic rings. The molecular weight excluding hydrogens is 170 g/mol. The van der Waals surface area contributed by atoms with Gasteiger partial charge in [-0.1, -0.05) is 0 Å². The van der Waals surface area contributed by atoms with E-state index in [0.29, 0.717) is 6.54 Å². The Morgan fingerprint density at radius 3 is 3.00 bits per heavy atom. The first-order chi connectivity index (χ1) is 6.18. The number of amides is 1. The minimum absolute atomic E-state index is 0.0211. The lowest BCUT2D eigenvalue weighted by atomic mass is 10.2. The molecule has 1 aliphatic rings. The van der Waals surface area contributed by atoms with Gasteiger partial charge in [0.2, 0.25) is 5.91 Å². The Morgan fingerprint density at radius 1 is 1.69 bits per heavy atom. The van der Waals surface area contributed by atoms with Crippen LogP contribution in [0.5, 0.6) is 0 Å². The van der Waals surface area contributed by atoms with E-state index in [9.17, 15) is 4.79 Å². The van der Waals surface area contributed by atoms with Crippen molar-refractivity contribution in [1.82, 2.24) is 5.32 Å². The van der Waals surface area contributed by atoms with Crippen molar-refractivity contribution in [2.45, 2.75) is 25.4 Å². The Morgan fingerprint density at radius 2 is 2.46 bits per heavy atom. The number of hydrogen-bond acceptors (Lipinski definition) is 3. The lowest BCUT2D eigenvalue weighted by Gasteiger charge is -2.09. The van der Waals surface area contributed by atoms with Gasteiger partial charge in [0.15, 0.2) is 0 Å². The van der Waals surface area contributed by atoms with Crippen LogP contribution in [0.25, 0.3) is 0 Å². The first kappa shape index (κ1) is 9.98. The molecule has 0 saturated carbocycles. The van der Waals surface area contributed by atoms with Gasteiger partial charge in [0.05, 0.1) is 18.4 Å². The molecule has 1 amide bonds. The first-order valence-corrected chi connectivity index (χ1v) is 4.39. The Bertz CT molecular complexity index is 200. The molecule has 5 nitrogen and oxygen atoms in total. The number of carbonyl (C=O) groups excluding carboxylic acids is 1. The number of ether oxygens (including phenoxy) is 1. The van der Waals surface area contributed by atoms with Gasteiger partial charge in [0.1, 0.15) is 0 Å². The van der Waals surface area contributed by atoms with Gasteiger partial charge in [-0.2, -0.15) is 0 Å². The van der Waals surface area contributed by atoms with Gasteiger partial charge >= 0.3 is 0 Å². The van der Waals surface area contributed by atoms with Crippen LogP contribution in [0.1, 0.15) is 19.3 Å². The summed E-state index contributed by atoms with van der Waals surface area (Å²) in [6, 6.07) is 0. The molecular formula is C8H15N3O2. The van der Waals surface area contributed by atoms with Crippen LogP contribution in [-0.4, -0.2) is 31.0 Å². The maximum absolute atomic E-state index is 11.0. The van der Waals surface area contributed by atoms with Crippen LogP contribution in [0.2, 0.25) is 0 Å². The van der Waals surface area contributed by atoms with Crippen molar-refractivity contribution in [1.29, 1.82) is 5.41 Å². The summed E-state index contributed by atoms with van der Waals surface area (Å²) in [5.41, 5.74) is 5.07. The molecule has 5 heteroatoms.